The zero-order valence-electron chi connectivity index (χ0n) is 29.8. The summed E-state index contributed by atoms with van der Waals surface area (Å²) < 4.78 is 11.2. The van der Waals surface area contributed by atoms with Crippen molar-refractivity contribution in [3.63, 3.8) is 0 Å². The van der Waals surface area contributed by atoms with Crippen LogP contribution in [0.3, 0.4) is 0 Å². The number of carbonyl (C=O) groups excluding carboxylic acids is 1. The Morgan fingerprint density at radius 1 is 0.712 bits per heavy atom. The van der Waals surface area contributed by atoms with Crippen LogP contribution in [0, 0.1) is 0 Å². The van der Waals surface area contributed by atoms with E-state index in [4.69, 9.17) is 14.5 Å². The van der Waals surface area contributed by atoms with Crippen LogP contribution in [0.1, 0.15) is 52.9 Å². The van der Waals surface area contributed by atoms with Crippen molar-refractivity contribution in [2.75, 3.05) is 64.1 Å². The number of amides is 1. The number of hydrogen-bond donors (Lipinski definition) is 0. The largest absolute Gasteiger partial charge is 0.454 e. The molecular weight excluding hydrogens is 649 g/mol. The van der Waals surface area contributed by atoms with E-state index in [0.717, 1.165) is 117 Å². The molecule has 52 heavy (non-hydrogen) atoms. The summed E-state index contributed by atoms with van der Waals surface area (Å²) in [5.41, 5.74) is 8.32. The molecule has 0 aliphatic carbocycles. The molecule has 1 atom stereocenters. The molecule has 0 radical (unpaired) electrons. The standard InChI is InChI=1S/C43H46N6O3/c50-43(49-19-3-4-37(49)29-46-17-1-2-18-46)39-27-35(45-40-11-7-33(25-38(39)40)34-8-12-41-42(26-34)52-30-51-41)24-31-5-9-36(10-6-31)48-22-20-47(21-23-48)28-32-13-15-44-16-14-32/h5-16,25-27,37H,1-4,17-24,28-30H2. The molecule has 266 valence electrons. The normalized spacial score (nSPS) is 19.2. The molecule has 0 bridgehead atoms. The van der Waals surface area contributed by atoms with Gasteiger partial charge < -0.3 is 24.2 Å². The lowest BCUT2D eigenvalue weighted by Gasteiger charge is -2.36. The molecule has 1 unspecified atom stereocenters. The molecule has 5 aromatic rings. The minimum atomic E-state index is 0.122. The Kier molecular flexibility index (Phi) is 9.21. The summed E-state index contributed by atoms with van der Waals surface area (Å²) >= 11 is 0. The molecule has 9 heteroatoms. The average Bonchev–Trinajstić information content (AvgIpc) is 3.98. The average molecular weight is 695 g/mol. The Labute approximate surface area is 305 Å². The number of aromatic nitrogens is 2. The third-order valence-corrected chi connectivity index (χ3v) is 11.3. The first-order chi connectivity index (χ1) is 25.6. The molecule has 4 aliphatic heterocycles. The fourth-order valence-electron chi connectivity index (χ4n) is 8.46. The van der Waals surface area contributed by atoms with Gasteiger partial charge in [0, 0.05) is 87.4 Å². The number of fused-ring (bicyclic) bond motifs is 2. The summed E-state index contributed by atoms with van der Waals surface area (Å²) in [6.07, 6.45) is 9.03. The van der Waals surface area contributed by atoms with Gasteiger partial charge >= 0.3 is 0 Å². The van der Waals surface area contributed by atoms with E-state index < -0.39 is 0 Å². The van der Waals surface area contributed by atoms with Gasteiger partial charge in [0.2, 0.25) is 6.79 Å². The number of nitrogens with zero attached hydrogens (tertiary/aromatic N) is 6. The lowest BCUT2D eigenvalue weighted by Crippen LogP contribution is -2.45. The minimum absolute atomic E-state index is 0.122. The van der Waals surface area contributed by atoms with Gasteiger partial charge in [0.25, 0.3) is 5.91 Å². The highest BCUT2D eigenvalue weighted by molar-refractivity contribution is 6.07. The van der Waals surface area contributed by atoms with Crippen LogP contribution in [0.25, 0.3) is 22.0 Å². The minimum Gasteiger partial charge on any atom is -0.454 e. The molecule has 2 aromatic heterocycles. The lowest BCUT2D eigenvalue weighted by molar-refractivity contribution is 0.0710. The van der Waals surface area contributed by atoms with Crippen LogP contribution in [0.4, 0.5) is 5.69 Å². The van der Waals surface area contributed by atoms with Gasteiger partial charge in [-0.05, 0) is 116 Å². The summed E-state index contributed by atoms with van der Waals surface area (Å²) in [5.74, 6) is 1.63. The second-order valence-electron chi connectivity index (χ2n) is 14.7. The molecule has 9 rings (SSSR count). The Balaban J connectivity index is 0.965. The van der Waals surface area contributed by atoms with Crippen molar-refractivity contribution < 1.29 is 14.3 Å². The van der Waals surface area contributed by atoms with Crippen LogP contribution in [-0.4, -0.2) is 95.8 Å². The Morgan fingerprint density at radius 2 is 1.48 bits per heavy atom. The molecule has 3 aromatic carbocycles. The van der Waals surface area contributed by atoms with Crippen LogP contribution >= 0.6 is 0 Å². The highest BCUT2D eigenvalue weighted by Crippen LogP contribution is 2.37. The van der Waals surface area contributed by atoms with Crippen molar-refractivity contribution in [3.8, 4) is 22.6 Å². The molecule has 3 fully saturated rings. The summed E-state index contributed by atoms with van der Waals surface area (Å²) in [5, 5.41) is 0.897. The number of ether oxygens (including phenoxy) is 2. The number of hydrogen-bond acceptors (Lipinski definition) is 8. The molecule has 1 amide bonds. The van der Waals surface area contributed by atoms with Crippen molar-refractivity contribution in [1.82, 2.24) is 24.7 Å². The molecule has 3 saturated heterocycles. The summed E-state index contributed by atoms with van der Waals surface area (Å²) in [4.78, 5) is 33.6. The van der Waals surface area contributed by atoms with E-state index in [2.05, 4.69) is 91.3 Å². The highest BCUT2D eigenvalue weighted by atomic mass is 16.7. The van der Waals surface area contributed by atoms with E-state index in [1.807, 2.05) is 24.5 Å². The van der Waals surface area contributed by atoms with Crippen LogP contribution < -0.4 is 14.4 Å². The first kappa shape index (κ1) is 32.9. The Morgan fingerprint density at radius 3 is 2.31 bits per heavy atom. The Bertz CT molecular complexity index is 2040. The zero-order valence-corrected chi connectivity index (χ0v) is 29.8. The summed E-state index contributed by atoms with van der Waals surface area (Å²) in [6.45, 7) is 9.34. The maximum atomic E-state index is 14.6. The third kappa shape index (κ3) is 6.95. The molecule has 9 nitrogen and oxygen atoms in total. The smallest absolute Gasteiger partial charge is 0.254 e. The second-order valence-corrected chi connectivity index (χ2v) is 14.7. The SMILES string of the molecule is O=C(c1cc(Cc2ccc(N3CCN(Cc4ccncc4)CC3)cc2)nc2ccc(-c3ccc4c(c3)OCO4)cc12)N1CCCC1CN1CCCC1. The monoisotopic (exact) mass is 694 g/mol. The molecule has 6 heterocycles. The van der Waals surface area contributed by atoms with Crippen LogP contribution in [-0.2, 0) is 13.0 Å². The number of likely N-dealkylation sites (tertiary alicyclic amines) is 2. The fourth-order valence-corrected chi connectivity index (χ4v) is 8.46. The predicted octanol–water partition coefficient (Wildman–Crippen LogP) is 6.64. The Hall–Kier alpha value is -4.99. The number of pyridine rings is 2. The maximum absolute atomic E-state index is 14.6. The van der Waals surface area contributed by atoms with E-state index >= 15 is 0 Å². The van der Waals surface area contributed by atoms with E-state index in [0.29, 0.717) is 6.42 Å². The first-order valence-electron chi connectivity index (χ1n) is 19.0. The molecule has 0 saturated carbocycles. The molecular formula is C43H46N6O3. The fraction of sp³-hybridized carbons (Fsp3) is 0.372. The van der Waals surface area contributed by atoms with E-state index in [-0.39, 0.29) is 18.7 Å². The van der Waals surface area contributed by atoms with Crippen molar-refractivity contribution in [2.45, 2.75) is 44.7 Å². The quantitative estimate of drug-likeness (QED) is 0.170. The number of benzene rings is 3. The number of rotatable bonds is 9. The summed E-state index contributed by atoms with van der Waals surface area (Å²) in [7, 11) is 0. The van der Waals surface area contributed by atoms with Gasteiger partial charge in [-0.3, -0.25) is 19.7 Å². The van der Waals surface area contributed by atoms with Gasteiger partial charge in [0.15, 0.2) is 11.5 Å². The van der Waals surface area contributed by atoms with Crippen molar-refractivity contribution in [3.05, 3.63) is 114 Å². The number of anilines is 1. The maximum Gasteiger partial charge on any atom is 0.254 e. The van der Waals surface area contributed by atoms with Crippen LogP contribution in [0.5, 0.6) is 11.5 Å². The molecule has 0 spiro atoms. The highest BCUT2D eigenvalue weighted by Gasteiger charge is 2.32. The number of piperazine rings is 1. The lowest BCUT2D eigenvalue weighted by atomic mass is 9.98. The third-order valence-electron chi connectivity index (χ3n) is 11.3. The summed E-state index contributed by atoms with van der Waals surface area (Å²) in [6, 6.07) is 27.8. The van der Waals surface area contributed by atoms with E-state index in [9.17, 15) is 4.79 Å². The van der Waals surface area contributed by atoms with Gasteiger partial charge in [-0.1, -0.05) is 24.3 Å². The second kappa shape index (κ2) is 14.6. The first-order valence-corrected chi connectivity index (χ1v) is 19.0. The van der Waals surface area contributed by atoms with Gasteiger partial charge in [0.05, 0.1) is 11.1 Å². The zero-order chi connectivity index (χ0) is 34.9. The number of carbonyl (C=O) groups is 1. The van der Waals surface area contributed by atoms with Crippen molar-refractivity contribution in [2.24, 2.45) is 0 Å². The van der Waals surface area contributed by atoms with Crippen LogP contribution in [0.2, 0.25) is 0 Å². The molecule has 0 N–H and O–H groups in total. The van der Waals surface area contributed by atoms with Crippen LogP contribution in [0.15, 0.2) is 91.3 Å². The van der Waals surface area contributed by atoms with Gasteiger partial charge in [-0.25, -0.2) is 0 Å². The topological polar surface area (TPSA) is 74.3 Å². The van der Waals surface area contributed by atoms with Gasteiger partial charge in [0.1, 0.15) is 0 Å². The van der Waals surface area contributed by atoms with E-state index in [1.165, 1.54) is 29.7 Å². The predicted molar refractivity (Wildman–Crippen MR) is 204 cm³/mol. The van der Waals surface area contributed by atoms with Gasteiger partial charge in [-0.15, -0.1) is 0 Å². The van der Waals surface area contributed by atoms with Gasteiger partial charge in [-0.2, -0.15) is 0 Å². The molecule has 4 aliphatic rings. The van der Waals surface area contributed by atoms with Crippen molar-refractivity contribution >= 4 is 22.5 Å². The van der Waals surface area contributed by atoms with Crippen molar-refractivity contribution in [1.29, 1.82) is 0 Å². The van der Waals surface area contributed by atoms with E-state index in [1.54, 1.807) is 0 Å².